The summed E-state index contributed by atoms with van der Waals surface area (Å²) in [6.07, 6.45) is 8.37. The van der Waals surface area contributed by atoms with Crippen molar-refractivity contribution in [1.29, 1.82) is 0 Å². The maximum Gasteiger partial charge on any atom is 0.305 e. The lowest BCUT2D eigenvalue weighted by Crippen LogP contribution is -2.45. The Morgan fingerprint density at radius 1 is 1.00 bits per heavy atom. The molecular formula is C44H63FN2O5. The number of carbonyl (C=O) groups is 2. The van der Waals surface area contributed by atoms with E-state index in [4.69, 9.17) is 9.47 Å². The number of hydrogen-bond acceptors (Lipinski definition) is 4. The summed E-state index contributed by atoms with van der Waals surface area (Å²) in [5, 5.41) is 12.5. The molecule has 2 N–H and O–H groups in total. The van der Waals surface area contributed by atoms with Crippen molar-refractivity contribution in [2.24, 2.45) is 0 Å². The molecule has 0 radical (unpaired) electrons. The Morgan fingerprint density at radius 3 is 2.10 bits per heavy atom. The first-order chi connectivity index (χ1) is 24.8. The van der Waals surface area contributed by atoms with Crippen LogP contribution in [-0.2, 0) is 20.8 Å². The summed E-state index contributed by atoms with van der Waals surface area (Å²) in [5.41, 5.74) is 5.13. The van der Waals surface area contributed by atoms with Gasteiger partial charge in [0, 0.05) is 29.9 Å². The molecule has 2 heterocycles. The Morgan fingerprint density at radius 2 is 1.58 bits per heavy atom. The summed E-state index contributed by atoms with van der Waals surface area (Å²) in [4.78, 5) is 25.8. The van der Waals surface area contributed by atoms with E-state index in [-0.39, 0.29) is 30.2 Å². The number of carboxylic acids is 1. The van der Waals surface area contributed by atoms with E-state index in [0.29, 0.717) is 30.6 Å². The van der Waals surface area contributed by atoms with Crippen LogP contribution in [0.4, 0.5) is 4.39 Å². The zero-order valence-corrected chi connectivity index (χ0v) is 33.4. The van der Waals surface area contributed by atoms with Crippen molar-refractivity contribution in [3.8, 4) is 22.4 Å². The van der Waals surface area contributed by atoms with Crippen molar-refractivity contribution in [2.45, 2.75) is 132 Å². The van der Waals surface area contributed by atoms with Crippen LogP contribution in [0, 0.1) is 5.82 Å². The van der Waals surface area contributed by atoms with E-state index in [1.807, 2.05) is 77.1 Å². The quantitative estimate of drug-likeness (QED) is 0.182. The zero-order valence-electron chi connectivity index (χ0n) is 33.4. The number of nitrogens with zero attached hydrogens (tertiary/aromatic N) is 1. The topological polar surface area (TPSA) is 89.8 Å². The number of rotatable bonds is 12. The van der Waals surface area contributed by atoms with Crippen molar-refractivity contribution in [2.75, 3.05) is 0 Å². The van der Waals surface area contributed by atoms with Gasteiger partial charge in [-0.15, -0.1) is 0 Å². The molecular weight excluding hydrogens is 655 g/mol. The van der Waals surface area contributed by atoms with E-state index in [1.165, 1.54) is 18.6 Å². The number of ether oxygens (including phenoxy) is 2. The Labute approximate surface area is 312 Å². The number of amides is 1. The molecule has 0 unspecified atom stereocenters. The number of nitrogens with one attached hydrogen (secondary N) is 1. The minimum atomic E-state index is -0.943. The summed E-state index contributed by atoms with van der Waals surface area (Å²) in [5.74, 6) is -2.55. The predicted molar refractivity (Wildman–Crippen MR) is 214 cm³/mol. The number of halogens is 1. The zero-order chi connectivity index (χ0) is 39.4. The van der Waals surface area contributed by atoms with Crippen molar-refractivity contribution >= 4 is 11.9 Å². The van der Waals surface area contributed by atoms with Gasteiger partial charge in [-0.05, 0) is 80.7 Å². The molecule has 2 atom stereocenters. The van der Waals surface area contributed by atoms with Gasteiger partial charge in [0.2, 0.25) is 0 Å². The van der Waals surface area contributed by atoms with Crippen LogP contribution in [0.25, 0.3) is 22.4 Å². The summed E-state index contributed by atoms with van der Waals surface area (Å²) in [6, 6.07) is 16.1. The lowest BCUT2D eigenvalue weighted by molar-refractivity contribution is -0.300. The molecule has 1 amide bonds. The van der Waals surface area contributed by atoms with Gasteiger partial charge in [0.05, 0.1) is 29.9 Å². The number of aromatic nitrogens is 1. The van der Waals surface area contributed by atoms with Crippen LogP contribution in [0.2, 0.25) is 0 Å². The lowest BCUT2D eigenvalue weighted by atomic mass is 9.94. The van der Waals surface area contributed by atoms with Gasteiger partial charge in [0.15, 0.2) is 5.79 Å². The van der Waals surface area contributed by atoms with E-state index >= 15 is 0 Å². The minimum Gasteiger partial charge on any atom is -0.481 e. The van der Waals surface area contributed by atoms with Crippen LogP contribution >= 0.6 is 0 Å². The third-order valence-electron chi connectivity index (χ3n) is 7.66. The molecule has 1 fully saturated rings. The SMILES string of the molecule is C=C/C=C(\C=C/C)NC(=O)c1c(-c2ccccc2)c(-c2ccc(F)cc2)n(CC[C@@H]2C[C@H](CC(=O)O)OC(C)(C)O2)c1C(C)C.CC.CC.CCC. The van der Waals surface area contributed by atoms with Crippen LogP contribution in [0.15, 0.2) is 91.2 Å². The van der Waals surface area contributed by atoms with Crippen LogP contribution in [0.3, 0.4) is 0 Å². The van der Waals surface area contributed by atoms with Gasteiger partial charge in [0.1, 0.15) is 5.82 Å². The first-order valence-corrected chi connectivity index (χ1v) is 18.8. The smallest absolute Gasteiger partial charge is 0.305 e. The molecule has 3 aromatic rings. The molecule has 52 heavy (non-hydrogen) atoms. The molecule has 0 aliphatic carbocycles. The van der Waals surface area contributed by atoms with Crippen LogP contribution in [-0.4, -0.2) is 39.5 Å². The molecule has 0 saturated carbocycles. The van der Waals surface area contributed by atoms with Gasteiger partial charge < -0.3 is 24.5 Å². The van der Waals surface area contributed by atoms with Crippen molar-refractivity contribution in [1.82, 2.24) is 9.88 Å². The molecule has 1 aromatic heterocycles. The van der Waals surface area contributed by atoms with E-state index in [1.54, 1.807) is 38.1 Å². The average molecular weight is 719 g/mol. The summed E-state index contributed by atoms with van der Waals surface area (Å²) < 4.78 is 28.5. The second kappa shape index (κ2) is 23.3. The van der Waals surface area contributed by atoms with Crippen LogP contribution in [0.1, 0.15) is 124 Å². The molecule has 7 nitrogen and oxygen atoms in total. The Kier molecular flexibility index (Phi) is 20.5. The molecule has 1 aliphatic heterocycles. The summed E-state index contributed by atoms with van der Waals surface area (Å²) in [6.45, 7) is 26.1. The number of benzene rings is 2. The van der Waals surface area contributed by atoms with Gasteiger partial charge in [-0.2, -0.15) is 0 Å². The van der Waals surface area contributed by atoms with E-state index < -0.39 is 17.9 Å². The molecule has 2 aromatic carbocycles. The van der Waals surface area contributed by atoms with Crippen molar-refractivity contribution < 1.29 is 28.6 Å². The van der Waals surface area contributed by atoms with Gasteiger partial charge in [-0.25, -0.2) is 4.39 Å². The van der Waals surface area contributed by atoms with Crippen LogP contribution in [0.5, 0.6) is 0 Å². The highest BCUT2D eigenvalue weighted by Gasteiger charge is 2.37. The van der Waals surface area contributed by atoms with Crippen molar-refractivity contribution in [3.05, 3.63) is 108 Å². The van der Waals surface area contributed by atoms with E-state index in [2.05, 4.69) is 44.2 Å². The fraction of sp³-hybridized carbons (Fsp3) is 0.455. The first kappa shape index (κ1) is 45.8. The highest BCUT2D eigenvalue weighted by Crippen LogP contribution is 2.43. The largest absolute Gasteiger partial charge is 0.481 e. The summed E-state index contributed by atoms with van der Waals surface area (Å²) >= 11 is 0. The molecule has 8 heteroatoms. The molecule has 1 saturated heterocycles. The van der Waals surface area contributed by atoms with E-state index in [9.17, 15) is 19.1 Å². The maximum absolute atomic E-state index is 14.3. The molecule has 0 spiro atoms. The Hall–Kier alpha value is -4.27. The maximum atomic E-state index is 14.3. The average Bonchev–Trinajstić information content (AvgIpc) is 3.45. The number of carboxylic acid groups (broad SMARTS) is 1. The molecule has 0 bridgehead atoms. The summed E-state index contributed by atoms with van der Waals surface area (Å²) in [7, 11) is 0. The monoisotopic (exact) mass is 718 g/mol. The molecule has 1 aliphatic rings. The van der Waals surface area contributed by atoms with Gasteiger partial charge >= 0.3 is 5.97 Å². The lowest BCUT2D eigenvalue weighted by Gasteiger charge is -2.40. The Bertz CT molecular complexity index is 1590. The fourth-order valence-electron chi connectivity index (χ4n) is 6.12. The second-order valence-corrected chi connectivity index (χ2v) is 12.7. The first-order valence-electron chi connectivity index (χ1n) is 18.8. The second-order valence-electron chi connectivity index (χ2n) is 12.7. The Balaban J connectivity index is 0.00000180. The van der Waals surface area contributed by atoms with E-state index in [0.717, 1.165) is 28.1 Å². The van der Waals surface area contributed by atoms with Gasteiger partial charge in [-0.3, -0.25) is 9.59 Å². The van der Waals surface area contributed by atoms with Crippen molar-refractivity contribution in [3.63, 3.8) is 0 Å². The predicted octanol–water partition coefficient (Wildman–Crippen LogP) is 11.7. The molecule has 4 rings (SSSR count). The molecule has 286 valence electrons. The number of hydrogen-bond donors (Lipinski definition) is 2. The van der Waals surface area contributed by atoms with Gasteiger partial charge in [0.25, 0.3) is 5.91 Å². The minimum absolute atomic E-state index is 0.0669. The normalized spacial score (nSPS) is 16.4. The number of carbonyl (C=O) groups excluding carboxylic acids is 1. The van der Waals surface area contributed by atoms with Gasteiger partial charge in [-0.1, -0.05) is 111 Å². The standard InChI is InChI=1S/C37H43FN2O5.C3H8.2C2H6/c1-7-12-28(13-8-2)39-36(43)33-32(25-14-10-9-11-15-25)35(26-16-18-27(38)19-17-26)40(34(33)24(3)4)21-20-29-22-30(23-31(41)42)45-37(5,6)44-29;1-3-2;2*1-2/h7-19,24,29-30H,1,20-23H2,2-6H3,(H,39,43)(H,41,42);3H2,1-2H3;2*1-2H3/b13-8-,28-12+;;;/t29-,30-;;;/m1.../s1. The number of aliphatic carboxylic acids is 1. The van der Waals surface area contributed by atoms with Crippen LogP contribution < -0.4 is 5.32 Å². The fourth-order valence-corrected chi connectivity index (χ4v) is 6.12. The number of allylic oxidation sites excluding steroid dienone is 4. The highest BCUT2D eigenvalue weighted by atomic mass is 19.1. The highest BCUT2D eigenvalue weighted by molar-refractivity contribution is 6.07. The third kappa shape index (κ3) is 13.4. The third-order valence-corrected chi connectivity index (χ3v) is 7.66.